The summed E-state index contributed by atoms with van der Waals surface area (Å²) < 4.78 is 31.4. The van der Waals surface area contributed by atoms with Gasteiger partial charge in [0.25, 0.3) is 11.8 Å². The average molecular weight is 364 g/mol. The molecule has 0 atom stereocenters. The van der Waals surface area contributed by atoms with E-state index in [1.807, 2.05) is 0 Å². The third kappa shape index (κ3) is 3.80. The standard InChI is InChI=1S/C14H13Cl2F2N3O2/c1-7-10(13(22)20-6-14(17,18)5-19)12(21-23-7)11-8(15)3-2-4-9(11)16/h2-4H,5-6,19H2,1H3,(H,20,22). The molecule has 5 nitrogen and oxygen atoms in total. The lowest BCUT2D eigenvalue weighted by atomic mass is 10.1. The SMILES string of the molecule is Cc1onc(-c2c(Cl)cccc2Cl)c1C(=O)NCC(F)(F)CN. The van der Waals surface area contributed by atoms with Gasteiger partial charge in [0, 0.05) is 5.56 Å². The maximum absolute atomic E-state index is 13.2. The van der Waals surface area contributed by atoms with Gasteiger partial charge in [-0.15, -0.1) is 0 Å². The van der Waals surface area contributed by atoms with Gasteiger partial charge >= 0.3 is 0 Å². The number of halogens is 4. The van der Waals surface area contributed by atoms with Gasteiger partial charge < -0.3 is 15.6 Å². The van der Waals surface area contributed by atoms with E-state index in [4.69, 9.17) is 33.5 Å². The summed E-state index contributed by atoms with van der Waals surface area (Å²) in [6.07, 6.45) is 0. The van der Waals surface area contributed by atoms with Crippen molar-refractivity contribution in [2.75, 3.05) is 13.1 Å². The van der Waals surface area contributed by atoms with Crippen LogP contribution in [0.25, 0.3) is 11.3 Å². The lowest BCUT2D eigenvalue weighted by molar-refractivity contribution is 0.0118. The van der Waals surface area contributed by atoms with Crippen molar-refractivity contribution in [1.29, 1.82) is 0 Å². The van der Waals surface area contributed by atoms with Crippen molar-refractivity contribution in [3.8, 4) is 11.3 Å². The number of amides is 1. The highest BCUT2D eigenvalue weighted by molar-refractivity contribution is 6.39. The van der Waals surface area contributed by atoms with E-state index in [0.717, 1.165) is 0 Å². The fourth-order valence-corrected chi connectivity index (χ4v) is 2.48. The summed E-state index contributed by atoms with van der Waals surface area (Å²) in [4.78, 5) is 12.2. The molecule has 2 rings (SSSR count). The zero-order valence-corrected chi connectivity index (χ0v) is 13.5. The van der Waals surface area contributed by atoms with Gasteiger partial charge in [0.05, 0.1) is 23.1 Å². The zero-order valence-electron chi connectivity index (χ0n) is 12.0. The Bertz CT molecular complexity index is 715. The molecule has 0 saturated carbocycles. The molecule has 0 aliphatic carbocycles. The molecular formula is C14H13Cl2F2N3O2. The van der Waals surface area contributed by atoms with E-state index >= 15 is 0 Å². The van der Waals surface area contributed by atoms with E-state index in [0.29, 0.717) is 5.56 Å². The lowest BCUT2D eigenvalue weighted by Gasteiger charge is -2.14. The summed E-state index contributed by atoms with van der Waals surface area (Å²) in [6.45, 7) is -0.293. The molecule has 9 heteroatoms. The fraction of sp³-hybridized carbons (Fsp3) is 0.286. The van der Waals surface area contributed by atoms with Crippen LogP contribution in [0.2, 0.25) is 10.0 Å². The van der Waals surface area contributed by atoms with Crippen molar-refractivity contribution in [3.05, 3.63) is 39.6 Å². The minimum atomic E-state index is -3.21. The molecule has 3 N–H and O–H groups in total. The molecule has 0 unspecified atom stereocenters. The number of aromatic nitrogens is 1. The highest BCUT2D eigenvalue weighted by Gasteiger charge is 2.30. The summed E-state index contributed by atoms with van der Waals surface area (Å²) in [5, 5.41) is 6.40. The molecule has 1 aromatic heterocycles. The fourth-order valence-electron chi connectivity index (χ4n) is 1.90. The summed E-state index contributed by atoms with van der Waals surface area (Å²) in [6, 6.07) is 4.76. The van der Waals surface area contributed by atoms with Crippen LogP contribution >= 0.6 is 23.2 Å². The molecule has 0 spiro atoms. The summed E-state index contributed by atoms with van der Waals surface area (Å²) >= 11 is 12.2. The van der Waals surface area contributed by atoms with Crippen LogP contribution in [0.15, 0.2) is 22.7 Å². The zero-order chi connectivity index (χ0) is 17.2. The Hall–Kier alpha value is -1.70. The first kappa shape index (κ1) is 17.7. The van der Waals surface area contributed by atoms with E-state index in [1.165, 1.54) is 6.92 Å². The Balaban J connectivity index is 2.38. The van der Waals surface area contributed by atoms with Crippen LogP contribution in [0.1, 0.15) is 16.1 Å². The second-order valence-corrected chi connectivity index (χ2v) is 5.62. The molecule has 0 saturated heterocycles. The number of nitrogens with one attached hydrogen (secondary N) is 1. The van der Waals surface area contributed by atoms with E-state index in [9.17, 15) is 13.6 Å². The number of carbonyl (C=O) groups is 1. The van der Waals surface area contributed by atoms with Gasteiger partial charge in [-0.25, -0.2) is 8.78 Å². The van der Waals surface area contributed by atoms with Gasteiger partial charge in [-0.3, -0.25) is 4.79 Å². The maximum Gasteiger partial charge on any atom is 0.277 e. The molecule has 2 aromatic rings. The summed E-state index contributed by atoms with van der Waals surface area (Å²) in [5.41, 5.74) is 5.31. The number of nitrogens with zero attached hydrogens (tertiary/aromatic N) is 1. The van der Waals surface area contributed by atoms with Crippen LogP contribution in [0.5, 0.6) is 0 Å². The Kier molecular flexibility index (Phi) is 5.23. The molecule has 23 heavy (non-hydrogen) atoms. The van der Waals surface area contributed by atoms with Gasteiger partial charge in [-0.05, 0) is 19.1 Å². The molecule has 0 radical (unpaired) electrons. The minimum absolute atomic E-state index is 0.00665. The Morgan fingerprint density at radius 3 is 2.57 bits per heavy atom. The van der Waals surface area contributed by atoms with Crippen LogP contribution in [0.4, 0.5) is 8.78 Å². The van der Waals surface area contributed by atoms with Gasteiger partial charge in [-0.2, -0.15) is 0 Å². The number of rotatable bonds is 5. The van der Waals surface area contributed by atoms with E-state index in [-0.39, 0.29) is 27.1 Å². The Labute approximate surface area is 140 Å². The monoisotopic (exact) mass is 363 g/mol. The molecule has 1 amide bonds. The molecule has 0 fully saturated rings. The number of nitrogens with two attached hydrogens (primary N) is 1. The lowest BCUT2D eigenvalue weighted by Crippen LogP contribution is -2.41. The largest absolute Gasteiger partial charge is 0.360 e. The van der Waals surface area contributed by atoms with Crippen molar-refractivity contribution in [2.45, 2.75) is 12.8 Å². The number of benzene rings is 1. The quantitative estimate of drug-likeness (QED) is 0.853. The van der Waals surface area contributed by atoms with Gasteiger partial charge in [0.2, 0.25) is 0 Å². The van der Waals surface area contributed by atoms with Gasteiger partial charge in [-0.1, -0.05) is 34.4 Å². The molecule has 0 bridgehead atoms. The molecule has 124 valence electrons. The first-order valence-electron chi connectivity index (χ1n) is 6.53. The summed E-state index contributed by atoms with van der Waals surface area (Å²) in [5.74, 6) is -3.82. The van der Waals surface area contributed by atoms with Crippen LogP contribution in [-0.4, -0.2) is 30.1 Å². The number of hydrogen-bond acceptors (Lipinski definition) is 4. The normalized spacial score (nSPS) is 11.6. The molecule has 1 aromatic carbocycles. The van der Waals surface area contributed by atoms with Crippen LogP contribution in [0.3, 0.4) is 0 Å². The van der Waals surface area contributed by atoms with E-state index in [2.05, 4.69) is 10.5 Å². The van der Waals surface area contributed by atoms with Gasteiger partial charge in [0.15, 0.2) is 0 Å². The number of alkyl halides is 2. The van der Waals surface area contributed by atoms with Crippen LogP contribution in [-0.2, 0) is 0 Å². The van der Waals surface area contributed by atoms with Crippen molar-refractivity contribution < 1.29 is 18.1 Å². The minimum Gasteiger partial charge on any atom is -0.360 e. The molecule has 0 aliphatic heterocycles. The van der Waals surface area contributed by atoms with Crippen LogP contribution in [0, 0.1) is 6.92 Å². The predicted octanol–water partition coefficient (Wildman–Crippen LogP) is 3.28. The van der Waals surface area contributed by atoms with E-state index in [1.54, 1.807) is 18.2 Å². The Morgan fingerprint density at radius 1 is 1.39 bits per heavy atom. The van der Waals surface area contributed by atoms with Crippen LogP contribution < -0.4 is 11.1 Å². The second-order valence-electron chi connectivity index (χ2n) is 4.80. The maximum atomic E-state index is 13.2. The summed E-state index contributed by atoms with van der Waals surface area (Å²) in [7, 11) is 0. The number of hydrogen-bond donors (Lipinski definition) is 2. The highest BCUT2D eigenvalue weighted by atomic mass is 35.5. The van der Waals surface area contributed by atoms with E-state index < -0.39 is 24.9 Å². The topological polar surface area (TPSA) is 81.2 Å². The molecular weight excluding hydrogens is 351 g/mol. The third-order valence-electron chi connectivity index (χ3n) is 3.10. The average Bonchev–Trinajstić information content (AvgIpc) is 2.86. The molecule has 0 aliphatic rings. The number of aryl methyl sites for hydroxylation is 1. The number of carbonyl (C=O) groups excluding carboxylic acids is 1. The van der Waals surface area contributed by atoms with Crippen molar-refractivity contribution in [2.24, 2.45) is 5.73 Å². The highest BCUT2D eigenvalue weighted by Crippen LogP contribution is 2.36. The van der Waals surface area contributed by atoms with Crippen molar-refractivity contribution >= 4 is 29.1 Å². The first-order valence-corrected chi connectivity index (χ1v) is 7.29. The predicted molar refractivity (Wildman–Crippen MR) is 83.0 cm³/mol. The Morgan fingerprint density at radius 2 is 2.00 bits per heavy atom. The molecule has 1 heterocycles. The second kappa shape index (κ2) is 6.82. The first-order chi connectivity index (χ1) is 10.8. The van der Waals surface area contributed by atoms with Gasteiger partial charge in [0.1, 0.15) is 17.0 Å². The van der Waals surface area contributed by atoms with Crippen molar-refractivity contribution in [1.82, 2.24) is 10.5 Å². The smallest absolute Gasteiger partial charge is 0.277 e. The van der Waals surface area contributed by atoms with Crippen molar-refractivity contribution in [3.63, 3.8) is 0 Å². The third-order valence-corrected chi connectivity index (χ3v) is 3.73.